The Balaban J connectivity index is 1.29. The number of methoxy groups -OCH3 is 1. The lowest BCUT2D eigenvalue weighted by Gasteiger charge is -2.62. The summed E-state index contributed by atoms with van der Waals surface area (Å²) in [6.45, 7) is 8.15. The summed E-state index contributed by atoms with van der Waals surface area (Å²) >= 11 is 0. The first-order valence-corrected chi connectivity index (χ1v) is 20.3. The summed E-state index contributed by atoms with van der Waals surface area (Å²) in [6.07, 6.45) is 0.326. The van der Waals surface area contributed by atoms with Crippen molar-refractivity contribution in [3.8, 4) is 16.9 Å². The first kappa shape index (κ1) is 39.7. The number of aliphatic hydroxyl groups is 2. The third kappa shape index (κ3) is 7.88. The molecule has 1 aliphatic heterocycles. The van der Waals surface area contributed by atoms with Gasteiger partial charge in [0.15, 0.2) is 0 Å². The maximum absolute atomic E-state index is 14.2. The van der Waals surface area contributed by atoms with Gasteiger partial charge in [-0.1, -0.05) is 69.3 Å². The van der Waals surface area contributed by atoms with Crippen molar-refractivity contribution in [1.82, 2.24) is 15.1 Å². The molecule has 0 aromatic heterocycles. The van der Waals surface area contributed by atoms with Crippen molar-refractivity contribution in [2.45, 2.75) is 77.1 Å². The number of hydroxylamine groups is 2. The van der Waals surface area contributed by atoms with E-state index in [1.165, 1.54) is 13.5 Å². The van der Waals surface area contributed by atoms with Crippen LogP contribution in [0, 0.1) is 29.1 Å². The summed E-state index contributed by atoms with van der Waals surface area (Å²) in [5.74, 6) is -0.224. The Labute approximate surface area is 318 Å². The minimum Gasteiger partial charge on any atom is -0.496 e. The zero-order valence-electron chi connectivity index (χ0n) is 32.2. The molecule has 3 aromatic carbocycles. The monoisotopic (exact) mass is 762 g/mol. The van der Waals surface area contributed by atoms with E-state index in [0.717, 1.165) is 6.42 Å². The van der Waals surface area contributed by atoms with Gasteiger partial charge in [0, 0.05) is 48.4 Å². The molecule has 1 saturated heterocycles. The van der Waals surface area contributed by atoms with E-state index in [1.807, 2.05) is 43.3 Å². The number of anilines is 1. The Bertz CT molecular complexity index is 1950. The minimum absolute atomic E-state index is 0.000472. The van der Waals surface area contributed by atoms with Crippen LogP contribution in [0.3, 0.4) is 0 Å². The van der Waals surface area contributed by atoms with Gasteiger partial charge >= 0.3 is 0 Å². The number of rotatable bonds is 13. The highest BCUT2D eigenvalue weighted by Crippen LogP contribution is 2.61. The smallest absolute Gasteiger partial charge is 0.264 e. The van der Waals surface area contributed by atoms with Gasteiger partial charge in [-0.2, -0.15) is 5.06 Å². The standard InChI is InChI=1S/C41H54N4O8S/c1-24-33-19-30(41(33,3)4)20-34(24)42-40(49)37-36(25(2)47)35(22-46)53-45(37)21-27-14-11-15-32(38(27)52-7)28-16-29(18-31(17-28)44(5)6)39(48)43-54(50,51)23-26-12-9-8-10-13-26/h8-18,24-25,30,33-37,46-47H,19-23H2,1-7H3,(H,42,49)(H,43,48)/t24-,25-,30-,33-,34-,35-,36+,37-/m0/s1. The topological polar surface area (TPSA) is 158 Å². The van der Waals surface area contributed by atoms with E-state index in [9.17, 15) is 28.2 Å². The second-order valence-electron chi connectivity index (χ2n) is 16.1. The number of benzene rings is 3. The second-order valence-corrected chi connectivity index (χ2v) is 17.8. The van der Waals surface area contributed by atoms with Gasteiger partial charge in [-0.15, -0.1) is 0 Å². The van der Waals surface area contributed by atoms with Crippen molar-refractivity contribution in [3.63, 3.8) is 0 Å². The van der Waals surface area contributed by atoms with E-state index in [1.54, 1.807) is 54.5 Å². The molecule has 3 aliphatic carbocycles. The summed E-state index contributed by atoms with van der Waals surface area (Å²) in [5, 5.41) is 26.1. The van der Waals surface area contributed by atoms with Crippen LogP contribution in [0.15, 0.2) is 66.7 Å². The van der Waals surface area contributed by atoms with Gasteiger partial charge in [0.2, 0.25) is 15.9 Å². The number of carbonyl (C=O) groups excluding carboxylic acids is 2. The number of nitrogens with one attached hydrogen (secondary N) is 2. The molecule has 7 rings (SSSR count). The van der Waals surface area contributed by atoms with Crippen LogP contribution in [-0.4, -0.2) is 87.6 Å². The summed E-state index contributed by atoms with van der Waals surface area (Å²) < 4.78 is 34.2. The van der Waals surface area contributed by atoms with Gasteiger partial charge in [-0.05, 0) is 72.3 Å². The number of hydrogen-bond acceptors (Lipinski definition) is 10. The molecule has 4 N–H and O–H groups in total. The third-order valence-corrected chi connectivity index (χ3v) is 13.4. The maximum Gasteiger partial charge on any atom is 0.264 e. The summed E-state index contributed by atoms with van der Waals surface area (Å²) in [7, 11) is 1.18. The van der Waals surface area contributed by atoms with Crippen LogP contribution >= 0.6 is 0 Å². The lowest BCUT2D eigenvalue weighted by molar-refractivity contribution is -0.183. The van der Waals surface area contributed by atoms with Gasteiger partial charge in [0.05, 0.1) is 32.1 Å². The number of carbonyl (C=O) groups is 2. The van der Waals surface area contributed by atoms with Crippen LogP contribution in [0.25, 0.3) is 11.1 Å². The Hall–Kier alpha value is -4.01. The average molecular weight is 763 g/mol. The number of ether oxygens (including phenoxy) is 1. The van der Waals surface area contributed by atoms with Gasteiger partial charge in [0.25, 0.3) is 5.91 Å². The SMILES string of the molecule is COc1c(CN2O[C@@H](CO)[C@@H]([C@H](C)O)[C@H]2C(=O)N[C@H]2C[C@@H]3C[C@@H]([C@@H]2C)C3(C)C)cccc1-c1cc(C(=O)NS(=O)(=O)Cc2ccccc2)cc(N(C)C)c1. The highest BCUT2D eigenvalue weighted by Gasteiger charge is 2.57. The molecule has 2 bridgehead atoms. The molecule has 1 heterocycles. The minimum atomic E-state index is -4.00. The molecule has 54 heavy (non-hydrogen) atoms. The number of sulfonamides is 1. The molecule has 8 atom stereocenters. The first-order chi connectivity index (χ1) is 25.5. The van der Waals surface area contributed by atoms with Crippen molar-refractivity contribution in [2.24, 2.45) is 29.1 Å². The van der Waals surface area contributed by atoms with Gasteiger partial charge in [-0.25, -0.2) is 13.1 Å². The van der Waals surface area contributed by atoms with E-state index in [2.05, 4.69) is 30.8 Å². The average Bonchev–Trinajstić information content (AvgIpc) is 3.50. The Kier molecular flexibility index (Phi) is 11.5. The molecular formula is C41H54N4O8S. The fourth-order valence-electron chi connectivity index (χ4n) is 9.02. The summed E-state index contributed by atoms with van der Waals surface area (Å²) in [4.78, 5) is 35.7. The van der Waals surface area contributed by atoms with Crippen LogP contribution in [0.4, 0.5) is 5.69 Å². The zero-order chi connectivity index (χ0) is 39.1. The van der Waals surface area contributed by atoms with Crippen LogP contribution in [0.1, 0.15) is 62.0 Å². The van der Waals surface area contributed by atoms with E-state index in [-0.39, 0.29) is 41.8 Å². The molecule has 292 valence electrons. The zero-order valence-corrected chi connectivity index (χ0v) is 33.0. The van der Waals surface area contributed by atoms with E-state index < -0.39 is 40.1 Å². The van der Waals surface area contributed by atoms with Crippen molar-refractivity contribution < 1.29 is 37.8 Å². The Morgan fingerprint density at radius 1 is 1.07 bits per heavy atom. The highest BCUT2D eigenvalue weighted by atomic mass is 32.2. The molecule has 0 radical (unpaired) electrons. The molecular weight excluding hydrogens is 709 g/mol. The Morgan fingerprint density at radius 2 is 1.80 bits per heavy atom. The number of aliphatic hydroxyl groups excluding tert-OH is 2. The maximum atomic E-state index is 14.2. The van der Waals surface area contributed by atoms with Gasteiger partial charge in [-0.3, -0.25) is 14.4 Å². The Morgan fingerprint density at radius 3 is 2.41 bits per heavy atom. The largest absolute Gasteiger partial charge is 0.496 e. The highest BCUT2D eigenvalue weighted by molar-refractivity contribution is 7.89. The van der Waals surface area contributed by atoms with Crippen LogP contribution < -0.4 is 19.7 Å². The number of hydrogen-bond donors (Lipinski definition) is 4. The molecule has 12 nitrogen and oxygen atoms in total. The van der Waals surface area contributed by atoms with Crippen molar-refractivity contribution in [3.05, 3.63) is 83.4 Å². The number of nitrogens with zero attached hydrogens (tertiary/aromatic N) is 2. The van der Waals surface area contributed by atoms with Gasteiger partial charge in [0.1, 0.15) is 17.9 Å². The predicted octanol–water partition coefficient (Wildman–Crippen LogP) is 4.35. The number of fused-ring (bicyclic) bond motifs is 2. The molecule has 4 fully saturated rings. The van der Waals surface area contributed by atoms with Crippen molar-refractivity contribution in [2.75, 3.05) is 32.7 Å². The lowest BCUT2D eigenvalue weighted by Crippen LogP contribution is -2.62. The van der Waals surface area contributed by atoms with Crippen LogP contribution in [-0.2, 0) is 32.0 Å². The summed E-state index contributed by atoms with van der Waals surface area (Å²) in [5.41, 5.74) is 3.51. The molecule has 2 amide bonds. The first-order valence-electron chi connectivity index (χ1n) is 18.6. The molecule has 13 heteroatoms. The van der Waals surface area contributed by atoms with E-state index >= 15 is 0 Å². The number of para-hydroxylation sites is 1. The fraction of sp³-hybridized carbons (Fsp3) is 0.512. The predicted molar refractivity (Wildman–Crippen MR) is 207 cm³/mol. The van der Waals surface area contributed by atoms with Crippen molar-refractivity contribution in [1.29, 1.82) is 0 Å². The molecule has 0 spiro atoms. The van der Waals surface area contributed by atoms with Crippen LogP contribution in [0.5, 0.6) is 5.75 Å². The second kappa shape index (κ2) is 15.6. The van der Waals surface area contributed by atoms with Crippen LogP contribution in [0.2, 0.25) is 0 Å². The quantitative estimate of drug-likeness (QED) is 0.198. The molecule has 3 saturated carbocycles. The number of amides is 2. The van der Waals surface area contributed by atoms with Gasteiger partial charge < -0.3 is 25.2 Å². The van der Waals surface area contributed by atoms with Crippen molar-refractivity contribution >= 4 is 27.5 Å². The lowest BCUT2D eigenvalue weighted by atomic mass is 9.45. The molecule has 0 unspecified atom stereocenters. The fourth-order valence-corrected chi connectivity index (χ4v) is 10.1. The molecule has 3 aromatic rings. The third-order valence-electron chi connectivity index (χ3n) is 12.1. The normalized spacial score (nSPS) is 26.7. The molecule has 4 aliphatic rings. The van der Waals surface area contributed by atoms with E-state index in [0.29, 0.717) is 51.4 Å². The summed E-state index contributed by atoms with van der Waals surface area (Å²) in [6, 6.07) is 18.4. The van der Waals surface area contributed by atoms with E-state index in [4.69, 9.17) is 9.57 Å².